The van der Waals surface area contributed by atoms with Gasteiger partial charge in [0.1, 0.15) is 5.69 Å². The van der Waals surface area contributed by atoms with E-state index in [4.69, 9.17) is 0 Å². The first kappa shape index (κ1) is 11.8. The van der Waals surface area contributed by atoms with Crippen LogP contribution < -0.4 is 4.90 Å². The Morgan fingerprint density at radius 3 is 2.88 bits per heavy atom. The van der Waals surface area contributed by atoms with Crippen molar-refractivity contribution in [1.29, 1.82) is 0 Å². The molecule has 2 heterocycles. The fraction of sp³-hybridized carbons (Fsp3) is 0.364. The molecule has 2 aromatic heterocycles. The Labute approximate surface area is 104 Å². The Hall–Kier alpha value is -1.69. The molecule has 0 radical (unpaired) electrons. The molecular formula is C11H14N4OS. The van der Waals surface area contributed by atoms with E-state index < -0.39 is 0 Å². The zero-order chi connectivity index (χ0) is 12.4. The molecular weight excluding hydrogens is 236 g/mol. The summed E-state index contributed by atoms with van der Waals surface area (Å²) in [6, 6.07) is 0. The molecule has 17 heavy (non-hydrogen) atoms. The van der Waals surface area contributed by atoms with Crippen LogP contribution in [0.3, 0.4) is 0 Å². The second kappa shape index (κ2) is 4.67. The number of hydrogen-bond acceptors (Lipinski definition) is 5. The summed E-state index contributed by atoms with van der Waals surface area (Å²) in [7, 11) is 3.84. The normalized spacial score (nSPS) is 10.5. The van der Waals surface area contributed by atoms with Crippen molar-refractivity contribution in [3.05, 3.63) is 29.0 Å². The number of carbonyl (C=O) groups is 1. The van der Waals surface area contributed by atoms with Crippen LogP contribution in [-0.2, 0) is 13.6 Å². The van der Waals surface area contributed by atoms with Crippen LogP contribution >= 0.6 is 11.3 Å². The molecule has 0 amide bonds. The van der Waals surface area contributed by atoms with Crippen molar-refractivity contribution in [2.75, 3.05) is 11.9 Å². The zero-order valence-corrected chi connectivity index (χ0v) is 10.9. The molecule has 0 bridgehead atoms. The average Bonchev–Trinajstić information content (AvgIpc) is 2.86. The van der Waals surface area contributed by atoms with Gasteiger partial charge < -0.3 is 4.90 Å². The van der Waals surface area contributed by atoms with Gasteiger partial charge >= 0.3 is 0 Å². The molecule has 0 unspecified atom stereocenters. The number of aryl methyl sites for hydroxylation is 1. The van der Waals surface area contributed by atoms with Crippen LogP contribution in [0.5, 0.6) is 0 Å². The summed E-state index contributed by atoms with van der Waals surface area (Å²) < 4.78 is 1.77. The van der Waals surface area contributed by atoms with Gasteiger partial charge in [-0.05, 0) is 0 Å². The summed E-state index contributed by atoms with van der Waals surface area (Å²) in [5.41, 5.74) is 1.65. The summed E-state index contributed by atoms with van der Waals surface area (Å²) in [5.74, 6) is 0.00211. The molecule has 0 aromatic carbocycles. The average molecular weight is 250 g/mol. The maximum Gasteiger partial charge on any atom is 0.186 e. The smallest absolute Gasteiger partial charge is 0.186 e. The monoisotopic (exact) mass is 250 g/mol. The van der Waals surface area contributed by atoms with Crippen LogP contribution in [0.1, 0.15) is 23.0 Å². The Kier molecular flexibility index (Phi) is 3.23. The minimum atomic E-state index is 0.00211. The SMILES string of the molecule is CC(=O)c1csc(N(C)Cc2cnn(C)c2)n1. The number of Topliss-reactive ketones (excluding diaryl/α,β-unsaturated/α-hetero) is 1. The summed E-state index contributed by atoms with van der Waals surface area (Å²) in [5, 5.41) is 6.75. The van der Waals surface area contributed by atoms with Crippen LogP contribution in [-0.4, -0.2) is 27.6 Å². The first-order valence-electron chi connectivity index (χ1n) is 5.21. The highest BCUT2D eigenvalue weighted by Crippen LogP contribution is 2.21. The first-order chi connectivity index (χ1) is 8.06. The Bertz CT molecular complexity index is 531. The van der Waals surface area contributed by atoms with Gasteiger partial charge in [0, 0.05) is 44.7 Å². The van der Waals surface area contributed by atoms with Gasteiger partial charge in [-0.2, -0.15) is 5.10 Å². The van der Waals surface area contributed by atoms with Gasteiger partial charge in [0.2, 0.25) is 0 Å². The predicted molar refractivity (Wildman–Crippen MR) is 67.4 cm³/mol. The Morgan fingerprint density at radius 1 is 1.59 bits per heavy atom. The van der Waals surface area contributed by atoms with E-state index in [1.807, 2.05) is 31.4 Å². The second-order valence-corrected chi connectivity index (χ2v) is 4.79. The Morgan fingerprint density at radius 2 is 2.35 bits per heavy atom. The van der Waals surface area contributed by atoms with E-state index in [1.165, 1.54) is 18.3 Å². The fourth-order valence-corrected chi connectivity index (χ4v) is 2.33. The minimum Gasteiger partial charge on any atom is -0.347 e. The van der Waals surface area contributed by atoms with Gasteiger partial charge in [-0.15, -0.1) is 11.3 Å². The summed E-state index contributed by atoms with van der Waals surface area (Å²) >= 11 is 1.48. The van der Waals surface area contributed by atoms with Crippen molar-refractivity contribution in [1.82, 2.24) is 14.8 Å². The van der Waals surface area contributed by atoms with E-state index in [1.54, 1.807) is 10.1 Å². The molecule has 0 aliphatic rings. The highest BCUT2D eigenvalue weighted by molar-refractivity contribution is 7.13. The highest BCUT2D eigenvalue weighted by atomic mass is 32.1. The van der Waals surface area contributed by atoms with E-state index in [9.17, 15) is 4.79 Å². The molecule has 90 valence electrons. The maximum atomic E-state index is 11.2. The summed E-state index contributed by atoms with van der Waals surface area (Å²) in [4.78, 5) is 17.4. The summed E-state index contributed by atoms with van der Waals surface area (Å²) in [6.07, 6.45) is 3.80. The lowest BCUT2D eigenvalue weighted by Gasteiger charge is -2.13. The standard InChI is InChI=1S/C11H14N4OS/c1-8(16)10-7-17-11(13-10)14(2)5-9-4-12-15(3)6-9/h4,6-7H,5H2,1-3H3. The van der Waals surface area contributed by atoms with Crippen LogP contribution in [0.15, 0.2) is 17.8 Å². The lowest BCUT2D eigenvalue weighted by Crippen LogP contribution is -2.16. The highest BCUT2D eigenvalue weighted by Gasteiger charge is 2.10. The lowest BCUT2D eigenvalue weighted by atomic mass is 10.3. The molecule has 0 N–H and O–H groups in total. The third kappa shape index (κ3) is 2.71. The molecule has 2 aromatic rings. The van der Waals surface area contributed by atoms with Crippen LogP contribution in [0.4, 0.5) is 5.13 Å². The van der Waals surface area contributed by atoms with Crippen LogP contribution in [0.25, 0.3) is 0 Å². The van der Waals surface area contributed by atoms with Crippen molar-refractivity contribution in [2.45, 2.75) is 13.5 Å². The van der Waals surface area contributed by atoms with Crippen molar-refractivity contribution >= 4 is 22.3 Å². The molecule has 2 rings (SSSR count). The van der Waals surface area contributed by atoms with Crippen LogP contribution in [0, 0.1) is 0 Å². The molecule has 0 aliphatic carbocycles. The minimum absolute atomic E-state index is 0.00211. The molecule has 0 aliphatic heterocycles. The van der Waals surface area contributed by atoms with E-state index in [-0.39, 0.29) is 5.78 Å². The quantitative estimate of drug-likeness (QED) is 0.775. The molecule has 0 fully saturated rings. The number of anilines is 1. The number of ketones is 1. The molecule has 0 atom stereocenters. The zero-order valence-electron chi connectivity index (χ0n) is 10.0. The molecule has 0 saturated carbocycles. The van der Waals surface area contributed by atoms with Crippen molar-refractivity contribution in [3.63, 3.8) is 0 Å². The maximum absolute atomic E-state index is 11.2. The van der Waals surface area contributed by atoms with Gasteiger partial charge in [-0.1, -0.05) is 0 Å². The third-order valence-electron chi connectivity index (χ3n) is 2.36. The fourth-order valence-electron chi connectivity index (χ4n) is 1.50. The molecule has 0 spiro atoms. The lowest BCUT2D eigenvalue weighted by molar-refractivity contribution is 0.101. The topological polar surface area (TPSA) is 51.0 Å². The van der Waals surface area contributed by atoms with E-state index in [0.717, 1.165) is 17.2 Å². The third-order valence-corrected chi connectivity index (χ3v) is 3.31. The van der Waals surface area contributed by atoms with E-state index in [2.05, 4.69) is 10.1 Å². The van der Waals surface area contributed by atoms with Crippen LogP contribution in [0.2, 0.25) is 0 Å². The molecule has 5 nitrogen and oxygen atoms in total. The van der Waals surface area contributed by atoms with Gasteiger partial charge in [-0.25, -0.2) is 4.98 Å². The molecule has 6 heteroatoms. The van der Waals surface area contributed by atoms with Crippen molar-refractivity contribution in [2.24, 2.45) is 7.05 Å². The van der Waals surface area contributed by atoms with Gasteiger partial charge in [0.25, 0.3) is 0 Å². The Balaban J connectivity index is 2.08. The first-order valence-corrected chi connectivity index (χ1v) is 6.09. The molecule has 0 saturated heterocycles. The number of rotatable bonds is 4. The number of aromatic nitrogens is 3. The number of thiazole rings is 1. The number of carbonyl (C=O) groups excluding carboxylic acids is 1. The van der Waals surface area contributed by atoms with Gasteiger partial charge in [0.05, 0.1) is 6.20 Å². The number of hydrogen-bond donors (Lipinski definition) is 0. The van der Waals surface area contributed by atoms with E-state index in [0.29, 0.717) is 5.69 Å². The van der Waals surface area contributed by atoms with Gasteiger partial charge in [0.15, 0.2) is 10.9 Å². The van der Waals surface area contributed by atoms with Crippen molar-refractivity contribution in [3.8, 4) is 0 Å². The summed E-state index contributed by atoms with van der Waals surface area (Å²) in [6.45, 7) is 2.26. The second-order valence-electron chi connectivity index (χ2n) is 3.95. The predicted octanol–water partition coefficient (Wildman–Crippen LogP) is 1.72. The van der Waals surface area contributed by atoms with Gasteiger partial charge in [-0.3, -0.25) is 9.48 Å². The number of nitrogens with zero attached hydrogens (tertiary/aromatic N) is 4. The van der Waals surface area contributed by atoms with E-state index >= 15 is 0 Å². The van der Waals surface area contributed by atoms with Crippen molar-refractivity contribution < 1.29 is 4.79 Å². The largest absolute Gasteiger partial charge is 0.347 e.